The molecule has 1 aliphatic carbocycles. The summed E-state index contributed by atoms with van der Waals surface area (Å²) in [5.74, 6) is 0.639. The van der Waals surface area contributed by atoms with Crippen molar-refractivity contribution in [3.63, 3.8) is 0 Å². The Balaban J connectivity index is 2.10. The van der Waals surface area contributed by atoms with Gasteiger partial charge in [0.05, 0.1) is 18.3 Å². The average Bonchev–Trinajstić information content (AvgIpc) is 3.11. The minimum Gasteiger partial charge on any atom is -0.465 e. The summed E-state index contributed by atoms with van der Waals surface area (Å²) >= 11 is 0. The zero-order valence-corrected chi connectivity index (χ0v) is 10.5. The highest BCUT2D eigenvalue weighted by Gasteiger charge is 2.56. The largest absolute Gasteiger partial charge is 0.465 e. The van der Waals surface area contributed by atoms with Gasteiger partial charge in [-0.3, -0.25) is 9.78 Å². The highest BCUT2D eigenvalue weighted by Crippen LogP contribution is 2.49. The smallest absolute Gasteiger partial charge is 0.319 e. The highest BCUT2D eigenvalue weighted by molar-refractivity contribution is 5.87. The maximum atomic E-state index is 12.1. The number of hydrogen-bond donors (Lipinski definition) is 0. The number of fused-ring (bicyclic) bond motifs is 1. The molecule has 0 bridgehead atoms. The lowest BCUT2D eigenvalue weighted by Crippen LogP contribution is -2.26. The predicted octanol–water partition coefficient (Wildman–Crippen LogP) is 1.56. The maximum Gasteiger partial charge on any atom is 0.319 e. The number of esters is 1. The molecule has 0 N–H and O–H groups in total. The third-order valence-corrected chi connectivity index (χ3v) is 3.53. The summed E-state index contributed by atoms with van der Waals surface area (Å²) in [6.45, 7) is 2.24. The van der Waals surface area contributed by atoms with E-state index in [2.05, 4.69) is 9.97 Å². The van der Waals surface area contributed by atoms with Crippen LogP contribution in [0.15, 0.2) is 18.5 Å². The lowest BCUT2D eigenvalue weighted by atomic mass is 10.1. The molecule has 0 saturated heterocycles. The third kappa shape index (κ3) is 1.43. The van der Waals surface area contributed by atoms with Gasteiger partial charge in [-0.15, -0.1) is 0 Å². The van der Waals surface area contributed by atoms with Gasteiger partial charge in [-0.05, 0) is 25.8 Å². The molecular formula is C13H15N3O2. The lowest BCUT2D eigenvalue weighted by Gasteiger charge is -2.13. The number of imidazole rings is 1. The molecule has 18 heavy (non-hydrogen) atoms. The van der Waals surface area contributed by atoms with Crippen LogP contribution >= 0.6 is 0 Å². The van der Waals surface area contributed by atoms with Crippen LogP contribution in [0.25, 0.3) is 11.0 Å². The van der Waals surface area contributed by atoms with Crippen molar-refractivity contribution in [3.05, 3.63) is 24.3 Å². The predicted molar refractivity (Wildman–Crippen MR) is 66.1 cm³/mol. The third-order valence-electron chi connectivity index (χ3n) is 3.53. The van der Waals surface area contributed by atoms with Crippen LogP contribution in [0, 0.1) is 0 Å². The molecule has 5 heteroatoms. The van der Waals surface area contributed by atoms with Gasteiger partial charge in [-0.25, -0.2) is 4.98 Å². The molecule has 1 aliphatic rings. The van der Waals surface area contributed by atoms with Crippen LogP contribution < -0.4 is 0 Å². The zero-order valence-electron chi connectivity index (χ0n) is 10.5. The van der Waals surface area contributed by atoms with Gasteiger partial charge in [0, 0.05) is 13.2 Å². The Bertz CT molecular complexity index is 614. The summed E-state index contributed by atoms with van der Waals surface area (Å²) in [5.41, 5.74) is 1.30. The molecule has 5 nitrogen and oxygen atoms in total. The van der Waals surface area contributed by atoms with E-state index in [0.717, 1.165) is 29.7 Å². The molecule has 94 valence electrons. The molecule has 0 amide bonds. The fraction of sp³-hybridized carbons (Fsp3) is 0.462. The number of carbonyl (C=O) groups is 1. The van der Waals surface area contributed by atoms with Crippen LogP contribution in [0.2, 0.25) is 0 Å². The molecule has 1 saturated carbocycles. The second-order valence-corrected chi connectivity index (χ2v) is 4.66. The molecular weight excluding hydrogens is 230 g/mol. The van der Waals surface area contributed by atoms with Crippen LogP contribution in [-0.2, 0) is 22.0 Å². The van der Waals surface area contributed by atoms with Crippen molar-refractivity contribution >= 4 is 17.0 Å². The Kier molecular flexibility index (Phi) is 2.36. The molecule has 2 aromatic rings. The van der Waals surface area contributed by atoms with E-state index in [-0.39, 0.29) is 5.97 Å². The first-order chi connectivity index (χ1) is 8.69. The number of ether oxygens (including phenoxy) is 1. The van der Waals surface area contributed by atoms with E-state index in [1.807, 2.05) is 24.6 Å². The zero-order chi connectivity index (χ0) is 12.8. The van der Waals surface area contributed by atoms with Gasteiger partial charge in [0.1, 0.15) is 16.8 Å². The topological polar surface area (TPSA) is 57.0 Å². The average molecular weight is 245 g/mol. The van der Waals surface area contributed by atoms with Crippen LogP contribution in [0.1, 0.15) is 25.6 Å². The van der Waals surface area contributed by atoms with Gasteiger partial charge in [-0.2, -0.15) is 0 Å². The standard InChI is InChI=1S/C13H15N3O2/c1-3-18-12(17)13(5-6-13)11-15-9-8-14-7-4-10(9)16(11)2/h4,7-8H,3,5-6H2,1-2H3. The quantitative estimate of drug-likeness (QED) is 0.770. The van der Waals surface area contributed by atoms with E-state index in [1.54, 1.807) is 12.4 Å². The van der Waals surface area contributed by atoms with Crippen LogP contribution in [0.4, 0.5) is 0 Å². The van der Waals surface area contributed by atoms with Crippen LogP contribution in [-0.4, -0.2) is 27.1 Å². The number of hydrogen-bond acceptors (Lipinski definition) is 4. The van der Waals surface area contributed by atoms with Crippen molar-refractivity contribution in [1.82, 2.24) is 14.5 Å². The number of carbonyl (C=O) groups excluding carboxylic acids is 1. The fourth-order valence-electron chi connectivity index (χ4n) is 2.39. The van der Waals surface area contributed by atoms with Gasteiger partial charge >= 0.3 is 5.97 Å². The van der Waals surface area contributed by atoms with E-state index in [1.165, 1.54) is 0 Å². The number of pyridine rings is 1. The van der Waals surface area contributed by atoms with Crippen molar-refractivity contribution < 1.29 is 9.53 Å². The molecule has 1 fully saturated rings. The van der Waals surface area contributed by atoms with Gasteiger partial charge < -0.3 is 9.30 Å². The van der Waals surface area contributed by atoms with Gasteiger partial charge in [0.25, 0.3) is 0 Å². The van der Waals surface area contributed by atoms with E-state index >= 15 is 0 Å². The molecule has 0 spiro atoms. The monoisotopic (exact) mass is 245 g/mol. The molecule has 0 atom stereocenters. The van der Waals surface area contributed by atoms with E-state index < -0.39 is 5.41 Å². The van der Waals surface area contributed by atoms with Gasteiger partial charge in [-0.1, -0.05) is 0 Å². The minimum atomic E-state index is -0.524. The first-order valence-electron chi connectivity index (χ1n) is 6.13. The van der Waals surface area contributed by atoms with Crippen molar-refractivity contribution in [3.8, 4) is 0 Å². The van der Waals surface area contributed by atoms with Crippen molar-refractivity contribution in [2.75, 3.05) is 6.61 Å². The Morgan fingerprint density at radius 3 is 2.94 bits per heavy atom. The van der Waals surface area contributed by atoms with Crippen molar-refractivity contribution in [1.29, 1.82) is 0 Å². The Labute approximate surface area is 105 Å². The van der Waals surface area contributed by atoms with Gasteiger partial charge in [0.2, 0.25) is 0 Å². The Morgan fingerprint density at radius 2 is 2.33 bits per heavy atom. The summed E-state index contributed by atoms with van der Waals surface area (Å²) in [6.07, 6.45) is 5.09. The molecule has 3 rings (SSSR count). The summed E-state index contributed by atoms with van der Waals surface area (Å²) < 4.78 is 7.14. The SMILES string of the molecule is CCOC(=O)C1(c2nc3cnccc3n2C)CC1. The molecule has 0 radical (unpaired) electrons. The van der Waals surface area contributed by atoms with Crippen molar-refractivity contribution in [2.45, 2.75) is 25.2 Å². The fourth-order valence-corrected chi connectivity index (χ4v) is 2.39. The molecule has 0 aromatic carbocycles. The number of aromatic nitrogens is 3. The van der Waals surface area contributed by atoms with E-state index in [9.17, 15) is 4.79 Å². The van der Waals surface area contributed by atoms with E-state index in [4.69, 9.17) is 4.74 Å². The minimum absolute atomic E-state index is 0.156. The highest BCUT2D eigenvalue weighted by atomic mass is 16.5. The second kappa shape index (κ2) is 3.80. The summed E-state index contributed by atoms with van der Waals surface area (Å²) in [5, 5.41) is 0. The van der Waals surface area contributed by atoms with Crippen LogP contribution in [0.3, 0.4) is 0 Å². The summed E-state index contributed by atoms with van der Waals surface area (Å²) in [4.78, 5) is 20.7. The van der Waals surface area contributed by atoms with Crippen LogP contribution in [0.5, 0.6) is 0 Å². The number of nitrogens with zero attached hydrogens (tertiary/aromatic N) is 3. The molecule has 0 unspecified atom stereocenters. The number of rotatable bonds is 3. The van der Waals surface area contributed by atoms with E-state index in [0.29, 0.717) is 6.61 Å². The Morgan fingerprint density at radius 1 is 1.56 bits per heavy atom. The molecule has 2 aromatic heterocycles. The first-order valence-corrected chi connectivity index (χ1v) is 6.13. The van der Waals surface area contributed by atoms with Gasteiger partial charge in [0.15, 0.2) is 0 Å². The first kappa shape index (κ1) is 11.2. The normalized spacial score (nSPS) is 16.8. The molecule has 2 heterocycles. The lowest BCUT2D eigenvalue weighted by molar-refractivity contribution is -0.146. The maximum absolute atomic E-state index is 12.1. The Hall–Kier alpha value is -1.91. The second-order valence-electron chi connectivity index (χ2n) is 4.66. The number of aryl methyl sites for hydroxylation is 1. The molecule has 0 aliphatic heterocycles. The summed E-state index contributed by atoms with van der Waals surface area (Å²) in [6, 6.07) is 1.91. The summed E-state index contributed by atoms with van der Waals surface area (Å²) in [7, 11) is 1.93. The van der Waals surface area contributed by atoms with Crippen molar-refractivity contribution in [2.24, 2.45) is 7.05 Å².